The minimum Gasteiger partial charge on any atom is -0.476 e. The van der Waals surface area contributed by atoms with Crippen LogP contribution in [0.15, 0.2) is 18.2 Å². The number of esters is 1. The minimum absolute atomic E-state index is 0.197. The van der Waals surface area contributed by atoms with Crippen LogP contribution in [0.1, 0.15) is 50.9 Å². The fourth-order valence-corrected chi connectivity index (χ4v) is 2.79. The van der Waals surface area contributed by atoms with Crippen LogP contribution >= 0.6 is 0 Å². The Kier molecular flexibility index (Phi) is 4.64. The lowest BCUT2D eigenvalue weighted by Crippen LogP contribution is -2.54. The summed E-state index contributed by atoms with van der Waals surface area (Å²) in [5.41, 5.74) is -0.282. The third kappa shape index (κ3) is 3.81. The lowest BCUT2D eigenvalue weighted by atomic mass is 10.0. The van der Waals surface area contributed by atoms with E-state index in [4.69, 9.17) is 9.47 Å². The Morgan fingerprint density at radius 2 is 2.04 bits per heavy atom. The number of ether oxygens (including phenoxy) is 2. The van der Waals surface area contributed by atoms with E-state index in [0.717, 1.165) is 12.8 Å². The van der Waals surface area contributed by atoms with Gasteiger partial charge < -0.3 is 14.8 Å². The number of fused-ring (bicyclic) bond motifs is 1. The number of rotatable bonds is 5. The Morgan fingerprint density at radius 3 is 2.65 bits per heavy atom. The van der Waals surface area contributed by atoms with Crippen molar-refractivity contribution in [1.29, 1.82) is 0 Å². The number of hydrogen-bond acceptors (Lipinski definition) is 5. The van der Waals surface area contributed by atoms with Gasteiger partial charge in [0.05, 0.1) is 11.8 Å². The van der Waals surface area contributed by atoms with Crippen LogP contribution in [-0.2, 0) is 14.3 Å². The molecule has 0 unspecified atom stereocenters. The first kappa shape index (κ1) is 18.2. The van der Waals surface area contributed by atoms with E-state index in [9.17, 15) is 14.4 Å². The highest BCUT2D eigenvalue weighted by Crippen LogP contribution is 2.38. The van der Waals surface area contributed by atoms with Crippen molar-refractivity contribution in [3.63, 3.8) is 0 Å². The van der Waals surface area contributed by atoms with Gasteiger partial charge >= 0.3 is 5.97 Å². The second-order valence-corrected chi connectivity index (χ2v) is 7.47. The molecule has 1 N–H and O–H groups in total. The number of anilines is 1. The van der Waals surface area contributed by atoms with Crippen LogP contribution in [0.25, 0.3) is 0 Å². The zero-order valence-electron chi connectivity index (χ0n) is 15.5. The Morgan fingerprint density at radius 1 is 1.35 bits per heavy atom. The summed E-state index contributed by atoms with van der Waals surface area (Å²) in [7, 11) is 0. The summed E-state index contributed by atoms with van der Waals surface area (Å²) in [6.07, 6.45) is 1.70. The summed E-state index contributed by atoms with van der Waals surface area (Å²) in [5, 5.41) is 2.91. The van der Waals surface area contributed by atoms with E-state index in [1.807, 2.05) is 0 Å². The predicted octanol–water partition coefficient (Wildman–Crippen LogP) is 2.03. The van der Waals surface area contributed by atoms with Crippen molar-refractivity contribution < 1.29 is 23.9 Å². The highest BCUT2D eigenvalue weighted by Gasteiger charge is 2.42. The first-order chi connectivity index (χ1) is 12.2. The maximum atomic E-state index is 12.8. The molecular formula is C19H24N2O5. The Bertz CT molecular complexity index is 752. The third-order valence-corrected chi connectivity index (χ3v) is 4.20. The zero-order chi connectivity index (χ0) is 19.1. The molecule has 7 heteroatoms. The summed E-state index contributed by atoms with van der Waals surface area (Å²) in [4.78, 5) is 38.6. The lowest BCUT2D eigenvalue weighted by molar-refractivity contribution is -0.147. The smallest absolute Gasteiger partial charge is 0.326 e. The van der Waals surface area contributed by atoms with E-state index in [0.29, 0.717) is 17.0 Å². The molecule has 1 aromatic carbocycles. The lowest BCUT2D eigenvalue weighted by Gasteiger charge is -2.38. The topological polar surface area (TPSA) is 84.9 Å². The largest absolute Gasteiger partial charge is 0.476 e. The molecular weight excluding hydrogens is 336 g/mol. The third-order valence-electron chi connectivity index (χ3n) is 4.20. The number of carbonyl (C=O) groups is 3. The monoisotopic (exact) mass is 360 g/mol. The first-order valence-electron chi connectivity index (χ1n) is 8.83. The summed E-state index contributed by atoms with van der Waals surface area (Å²) in [6.45, 7) is 6.55. The average molecular weight is 360 g/mol. The van der Waals surface area contributed by atoms with Crippen molar-refractivity contribution in [2.75, 3.05) is 11.4 Å². The number of amides is 2. The van der Waals surface area contributed by atoms with Gasteiger partial charge in [-0.25, -0.2) is 0 Å². The van der Waals surface area contributed by atoms with Gasteiger partial charge in [-0.1, -0.05) is 0 Å². The molecule has 0 atom stereocenters. The molecule has 1 aliphatic heterocycles. The quantitative estimate of drug-likeness (QED) is 0.812. The molecule has 2 aliphatic rings. The Hall–Kier alpha value is -2.57. The van der Waals surface area contributed by atoms with Gasteiger partial charge in [0.25, 0.3) is 11.8 Å². The molecule has 0 aromatic heterocycles. The summed E-state index contributed by atoms with van der Waals surface area (Å²) < 4.78 is 10.9. The molecule has 1 aliphatic carbocycles. The Balaban J connectivity index is 1.91. The highest BCUT2D eigenvalue weighted by molar-refractivity contribution is 6.06. The Labute approximate surface area is 152 Å². The molecule has 1 aromatic rings. The van der Waals surface area contributed by atoms with Crippen molar-refractivity contribution in [3.8, 4) is 5.75 Å². The molecule has 1 heterocycles. The highest BCUT2D eigenvalue weighted by atomic mass is 16.5. The number of hydrogen-bond donors (Lipinski definition) is 1. The zero-order valence-corrected chi connectivity index (χ0v) is 15.5. The van der Waals surface area contributed by atoms with Gasteiger partial charge in [-0.2, -0.15) is 0 Å². The van der Waals surface area contributed by atoms with Crippen molar-refractivity contribution >= 4 is 23.5 Å². The van der Waals surface area contributed by atoms with Crippen LogP contribution in [0.3, 0.4) is 0 Å². The molecule has 0 bridgehead atoms. The van der Waals surface area contributed by atoms with Crippen LogP contribution in [-0.4, -0.2) is 42.1 Å². The second-order valence-electron chi connectivity index (χ2n) is 7.47. The standard InChI is InChI=1S/C19H24N2O5/c1-11(2)25-16(22)10-21-14-9-12(17(23)20-13-6-7-13)5-8-15(14)26-19(3,4)18(21)24/h5,8-9,11,13H,6-7,10H2,1-4H3,(H,20,23). The molecule has 7 nitrogen and oxygen atoms in total. The summed E-state index contributed by atoms with van der Waals surface area (Å²) >= 11 is 0. The van der Waals surface area contributed by atoms with Gasteiger partial charge in [-0.15, -0.1) is 0 Å². The molecule has 0 radical (unpaired) electrons. The summed E-state index contributed by atoms with van der Waals surface area (Å²) in [6, 6.07) is 5.13. The first-order valence-corrected chi connectivity index (χ1v) is 8.83. The van der Waals surface area contributed by atoms with Gasteiger partial charge in [0, 0.05) is 11.6 Å². The van der Waals surface area contributed by atoms with Crippen molar-refractivity contribution in [1.82, 2.24) is 5.32 Å². The molecule has 0 spiro atoms. The van der Waals surface area contributed by atoms with Gasteiger partial charge in [0.1, 0.15) is 12.3 Å². The van der Waals surface area contributed by atoms with Crippen LogP contribution in [0, 0.1) is 0 Å². The molecule has 1 saturated carbocycles. The van der Waals surface area contributed by atoms with Crippen molar-refractivity contribution in [2.45, 2.75) is 58.3 Å². The maximum absolute atomic E-state index is 12.8. The van der Waals surface area contributed by atoms with Gasteiger partial charge in [0.15, 0.2) is 5.60 Å². The fraction of sp³-hybridized carbons (Fsp3) is 0.526. The normalized spacial score (nSPS) is 18.2. The van der Waals surface area contributed by atoms with E-state index in [1.54, 1.807) is 45.9 Å². The number of carbonyl (C=O) groups excluding carboxylic acids is 3. The van der Waals surface area contributed by atoms with Crippen LogP contribution < -0.4 is 15.0 Å². The van der Waals surface area contributed by atoms with Gasteiger partial charge in [-0.3, -0.25) is 19.3 Å². The van der Waals surface area contributed by atoms with Gasteiger partial charge in [0.2, 0.25) is 0 Å². The van der Waals surface area contributed by atoms with E-state index in [1.165, 1.54) is 4.90 Å². The molecule has 0 saturated heterocycles. The SMILES string of the molecule is CC(C)OC(=O)CN1C(=O)C(C)(C)Oc2ccc(C(=O)NC3CC3)cc21. The number of nitrogens with zero attached hydrogens (tertiary/aromatic N) is 1. The predicted molar refractivity (Wildman–Crippen MR) is 95.2 cm³/mol. The molecule has 1 fully saturated rings. The van der Waals surface area contributed by atoms with Crippen LogP contribution in [0.4, 0.5) is 5.69 Å². The second kappa shape index (κ2) is 6.63. The molecule has 2 amide bonds. The van der Waals surface area contributed by atoms with E-state index >= 15 is 0 Å². The van der Waals surface area contributed by atoms with E-state index in [-0.39, 0.29) is 30.5 Å². The van der Waals surface area contributed by atoms with Crippen molar-refractivity contribution in [2.24, 2.45) is 0 Å². The fourth-order valence-electron chi connectivity index (χ4n) is 2.79. The van der Waals surface area contributed by atoms with Crippen molar-refractivity contribution in [3.05, 3.63) is 23.8 Å². The minimum atomic E-state index is -1.11. The number of nitrogens with one attached hydrogen (secondary N) is 1. The average Bonchev–Trinajstić information content (AvgIpc) is 3.34. The van der Waals surface area contributed by atoms with Gasteiger partial charge in [-0.05, 0) is 58.7 Å². The van der Waals surface area contributed by atoms with E-state index in [2.05, 4.69) is 5.32 Å². The molecule has 26 heavy (non-hydrogen) atoms. The van der Waals surface area contributed by atoms with E-state index < -0.39 is 11.6 Å². The number of benzene rings is 1. The summed E-state index contributed by atoms with van der Waals surface area (Å²) in [5.74, 6) is -0.609. The maximum Gasteiger partial charge on any atom is 0.326 e. The van der Waals surface area contributed by atoms with Crippen LogP contribution in [0.5, 0.6) is 5.75 Å². The molecule has 140 valence electrons. The molecule has 3 rings (SSSR count). The van der Waals surface area contributed by atoms with Crippen LogP contribution in [0.2, 0.25) is 0 Å².